The molecule has 7 rings (SSSR count). The van der Waals surface area contributed by atoms with Crippen LogP contribution in [0, 0.1) is 0 Å². The number of fused-ring (bicyclic) bond motifs is 1. The zero-order valence-corrected chi connectivity index (χ0v) is 31.0. The van der Waals surface area contributed by atoms with Gasteiger partial charge < -0.3 is 52.1 Å². The molecule has 11 nitrogen and oxygen atoms in total. The minimum absolute atomic E-state index is 0.199. The molecule has 3 aromatic carbocycles. The average molecular weight is 733 g/mol. The van der Waals surface area contributed by atoms with Crippen LogP contribution in [0.15, 0.2) is 104 Å². The van der Waals surface area contributed by atoms with Crippen molar-refractivity contribution in [1.29, 1.82) is 0 Å². The second-order valence-corrected chi connectivity index (χ2v) is 14.7. The first-order valence-electron chi connectivity index (χ1n) is 18.5. The van der Waals surface area contributed by atoms with Crippen LogP contribution in [0.25, 0.3) is 0 Å². The molecular weight excluding hydrogens is 680 g/mol. The summed E-state index contributed by atoms with van der Waals surface area (Å²) in [5.41, 5.74) is 3.06. The second kappa shape index (κ2) is 17.2. The van der Waals surface area contributed by atoms with Gasteiger partial charge in [0.2, 0.25) is 0 Å². The Labute approximate surface area is 312 Å². The van der Waals surface area contributed by atoms with Crippen molar-refractivity contribution in [1.82, 2.24) is 0 Å². The minimum atomic E-state index is -0.963. The van der Waals surface area contributed by atoms with Crippen LogP contribution in [-0.2, 0) is 71.9 Å². The van der Waals surface area contributed by atoms with Gasteiger partial charge in [-0.2, -0.15) is 0 Å². The Balaban J connectivity index is 1.21. The molecule has 4 heterocycles. The molecule has 4 aliphatic heterocycles. The van der Waals surface area contributed by atoms with E-state index in [4.69, 9.17) is 52.1 Å². The molecule has 0 unspecified atom stereocenters. The summed E-state index contributed by atoms with van der Waals surface area (Å²) in [5, 5.41) is 0. The Kier molecular flexibility index (Phi) is 12.4. The molecule has 0 saturated carbocycles. The zero-order chi connectivity index (χ0) is 36.8. The van der Waals surface area contributed by atoms with Gasteiger partial charge in [-0.25, -0.2) is 0 Å². The predicted molar refractivity (Wildman–Crippen MR) is 193 cm³/mol. The Morgan fingerprint density at radius 1 is 0.642 bits per heavy atom. The van der Waals surface area contributed by atoms with E-state index in [1.54, 1.807) is 6.08 Å². The lowest BCUT2D eigenvalue weighted by atomic mass is 9.97. The Hall–Kier alpha value is -3.04. The largest absolute Gasteiger partial charge is 0.374 e. The summed E-state index contributed by atoms with van der Waals surface area (Å²) in [6.07, 6.45) is -4.85. The van der Waals surface area contributed by atoms with Crippen molar-refractivity contribution in [2.45, 2.75) is 121 Å². The highest BCUT2D eigenvalue weighted by atomic mass is 16.9. The van der Waals surface area contributed by atoms with Gasteiger partial charge in [-0.05, 0) is 44.4 Å². The van der Waals surface area contributed by atoms with Crippen LogP contribution in [0.1, 0.15) is 44.4 Å². The topological polar surface area (TPSA) is 102 Å². The van der Waals surface area contributed by atoms with Crippen LogP contribution in [-0.4, -0.2) is 92.8 Å². The predicted octanol–water partition coefficient (Wildman–Crippen LogP) is 6.08. The van der Waals surface area contributed by atoms with Gasteiger partial charge in [0.15, 0.2) is 24.2 Å². The summed E-state index contributed by atoms with van der Waals surface area (Å²) in [5.74, 6) is -1.67. The van der Waals surface area contributed by atoms with E-state index in [1.165, 1.54) is 0 Å². The van der Waals surface area contributed by atoms with E-state index >= 15 is 0 Å². The fraction of sp³-hybridized carbons (Fsp3) is 0.524. The number of rotatable bonds is 16. The van der Waals surface area contributed by atoms with Crippen LogP contribution in [0.2, 0.25) is 0 Å². The number of ether oxygens (including phenoxy) is 11. The van der Waals surface area contributed by atoms with E-state index in [0.29, 0.717) is 26.4 Å². The maximum Gasteiger partial charge on any atom is 0.190 e. The molecule has 0 bridgehead atoms. The van der Waals surface area contributed by atoms with Crippen molar-refractivity contribution < 1.29 is 52.1 Å². The lowest BCUT2D eigenvalue weighted by Crippen LogP contribution is -2.63. The Bertz CT molecular complexity index is 1570. The molecule has 4 fully saturated rings. The summed E-state index contributed by atoms with van der Waals surface area (Å²) in [6, 6.07) is 30.0. The summed E-state index contributed by atoms with van der Waals surface area (Å²) in [6.45, 7) is 13.1. The molecule has 286 valence electrons. The Morgan fingerprint density at radius 3 is 1.83 bits per heavy atom. The molecular formula is C42H52O11. The maximum atomic E-state index is 7.01. The van der Waals surface area contributed by atoms with E-state index in [-0.39, 0.29) is 13.2 Å². The van der Waals surface area contributed by atoms with Gasteiger partial charge in [0.25, 0.3) is 0 Å². The van der Waals surface area contributed by atoms with Gasteiger partial charge in [0, 0.05) is 0 Å². The molecule has 11 heteroatoms. The van der Waals surface area contributed by atoms with E-state index in [2.05, 4.69) is 6.58 Å². The van der Waals surface area contributed by atoms with Gasteiger partial charge in [0.05, 0.1) is 39.6 Å². The molecule has 0 radical (unpaired) electrons. The summed E-state index contributed by atoms with van der Waals surface area (Å²) < 4.78 is 71.6. The summed E-state index contributed by atoms with van der Waals surface area (Å²) in [7, 11) is 0. The van der Waals surface area contributed by atoms with Crippen molar-refractivity contribution in [3.63, 3.8) is 0 Å². The highest BCUT2D eigenvalue weighted by Gasteiger charge is 2.61. The minimum Gasteiger partial charge on any atom is -0.374 e. The second-order valence-electron chi connectivity index (χ2n) is 14.7. The first-order valence-corrected chi connectivity index (χ1v) is 18.5. The van der Waals surface area contributed by atoms with Crippen molar-refractivity contribution in [2.24, 2.45) is 0 Å². The number of hydrogen-bond acceptors (Lipinski definition) is 11. The average Bonchev–Trinajstić information content (AvgIpc) is 3.79. The van der Waals surface area contributed by atoms with Crippen LogP contribution in [0.3, 0.4) is 0 Å². The third kappa shape index (κ3) is 9.62. The molecule has 4 aliphatic rings. The van der Waals surface area contributed by atoms with Gasteiger partial charge in [-0.15, -0.1) is 6.58 Å². The van der Waals surface area contributed by atoms with Crippen LogP contribution in [0.5, 0.6) is 0 Å². The fourth-order valence-electron chi connectivity index (χ4n) is 7.26. The normalized spacial score (nSPS) is 33.1. The summed E-state index contributed by atoms with van der Waals surface area (Å²) in [4.78, 5) is 0. The lowest BCUT2D eigenvalue weighted by molar-refractivity contribution is -0.343. The molecule has 0 aliphatic carbocycles. The van der Waals surface area contributed by atoms with E-state index < -0.39 is 73.0 Å². The SMILES string of the molecule is C=CCO[C@H]1[C@H](O[C@@H]2[C@H]3OC(C)(C)O[C@H]3O[C@@H]2[C@H]2COC(C)(C)O2)O[C@H](COCc2ccccc2)[C@@H](OCc2ccccc2)[C@@H]1OCc1ccccc1. The molecule has 4 saturated heterocycles. The van der Waals surface area contributed by atoms with Crippen LogP contribution < -0.4 is 0 Å². The van der Waals surface area contributed by atoms with Crippen molar-refractivity contribution in [3.8, 4) is 0 Å². The number of benzene rings is 3. The third-order valence-corrected chi connectivity index (χ3v) is 9.68. The van der Waals surface area contributed by atoms with Crippen molar-refractivity contribution in [3.05, 3.63) is 120 Å². The lowest BCUT2D eigenvalue weighted by Gasteiger charge is -2.47. The molecule has 0 N–H and O–H groups in total. The highest BCUT2D eigenvalue weighted by molar-refractivity contribution is 5.15. The van der Waals surface area contributed by atoms with Crippen molar-refractivity contribution in [2.75, 3.05) is 19.8 Å². The molecule has 10 atom stereocenters. The van der Waals surface area contributed by atoms with Gasteiger partial charge >= 0.3 is 0 Å². The standard InChI is InChI=1S/C42H52O11/c1-6-22-44-37-35(46-25-30-20-14-9-15-21-30)33(45-24-29-18-12-8-13-19-29)31(26-43-23-28-16-10-7-11-17-28)48-39(37)50-36-34(32-27-47-41(2,3)51-32)49-40-38(36)52-42(4,5)53-40/h6-21,31-40H,1,22-27H2,2-5H3/t31-,32-,33-,34-,35+,36+,37-,38-,39+,40-/m1/s1. The van der Waals surface area contributed by atoms with Crippen molar-refractivity contribution >= 4 is 0 Å². The number of hydrogen-bond donors (Lipinski definition) is 0. The van der Waals surface area contributed by atoms with Gasteiger partial charge in [-0.1, -0.05) is 97.1 Å². The molecule has 3 aromatic rings. The van der Waals surface area contributed by atoms with E-state index in [9.17, 15) is 0 Å². The highest BCUT2D eigenvalue weighted by Crippen LogP contribution is 2.43. The van der Waals surface area contributed by atoms with Gasteiger partial charge in [0.1, 0.15) is 48.8 Å². The van der Waals surface area contributed by atoms with E-state index in [0.717, 1.165) is 16.7 Å². The summed E-state index contributed by atoms with van der Waals surface area (Å²) >= 11 is 0. The smallest absolute Gasteiger partial charge is 0.190 e. The molecule has 0 spiro atoms. The molecule has 53 heavy (non-hydrogen) atoms. The van der Waals surface area contributed by atoms with Crippen LogP contribution >= 0.6 is 0 Å². The molecule has 0 amide bonds. The zero-order valence-electron chi connectivity index (χ0n) is 31.0. The first kappa shape index (κ1) is 38.2. The van der Waals surface area contributed by atoms with Crippen LogP contribution in [0.4, 0.5) is 0 Å². The van der Waals surface area contributed by atoms with E-state index in [1.807, 2.05) is 119 Å². The fourth-order valence-corrected chi connectivity index (χ4v) is 7.26. The quantitative estimate of drug-likeness (QED) is 0.160. The third-order valence-electron chi connectivity index (χ3n) is 9.68. The maximum absolute atomic E-state index is 7.01. The van der Waals surface area contributed by atoms with Gasteiger partial charge in [-0.3, -0.25) is 0 Å². The first-order chi connectivity index (χ1) is 25.7. The molecule has 0 aromatic heterocycles. The monoisotopic (exact) mass is 732 g/mol. The Morgan fingerprint density at radius 2 is 1.25 bits per heavy atom.